The average molecular weight is 341 g/mol. The van der Waals surface area contributed by atoms with E-state index in [1.54, 1.807) is 0 Å². The van der Waals surface area contributed by atoms with E-state index < -0.39 is 0 Å². The first kappa shape index (κ1) is 23.5. The summed E-state index contributed by atoms with van der Waals surface area (Å²) in [5, 5.41) is 0. The predicted molar refractivity (Wildman–Crippen MR) is 105 cm³/mol. The Kier molecular flexibility index (Phi) is 15.6. The number of carbonyl (C=O) groups is 1. The van der Waals surface area contributed by atoms with Crippen molar-refractivity contribution in [3.8, 4) is 0 Å². The van der Waals surface area contributed by atoms with Crippen molar-refractivity contribution >= 4 is 5.97 Å². The molecule has 0 saturated heterocycles. The van der Waals surface area contributed by atoms with E-state index in [1.807, 2.05) is 6.92 Å². The average Bonchev–Trinajstić information content (AvgIpc) is 2.59. The van der Waals surface area contributed by atoms with Gasteiger partial charge in [0.2, 0.25) is 0 Å². The highest BCUT2D eigenvalue weighted by Crippen LogP contribution is 2.38. The minimum atomic E-state index is -0.203. The molecule has 0 aliphatic rings. The normalized spacial score (nSPS) is 11.7. The lowest BCUT2D eigenvalue weighted by atomic mass is 9.74. The number of esters is 1. The Bertz CT molecular complexity index is 254. The van der Waals surface area contributed by atoms with Crippen LogP contribution < -0.4 is 0 Å². The Morgan fingerprint density at radius 2 is 1.00 bits per heavy atom. The van der Waals surface area contributed by atoms with Crippen LogP contribution in [0.3, 0.4) is 0 Å². The molecule has 0 aromatic rings. The lowest BCUT2D eigenvalue weighted by Crippen LogP contribution is -2.33. The molecule has 0 aliphatic carbocycles. The first-order valence-corrected chi connectivity index (χ1v) is 10.8. The van der Waals surface area contributed by atoms with Gasteiger partial charge in [-0.25, -0.2) is 0 Å². The van der Waals surface area contributed by atoms with Gasteiger partial charge in [-0.2, -0.15) is 0 Å². The molecule has 2 heteroatoms. The molecule has 0 radical (unpaired) electrons. The van der Waals surface area contributed by atoms with Gasteiger partial charge in [-0.3, -0.25) is 4.79 Å². The summed E-state index contributed by atoms with van der Waals surface area (Å²) in [6, 6.07) is 0. The van der Waals surface area contributed by atoms with E-state index >= 15 is 0 Å². The van der Waals surface area contributed by atoms with Crippen LogP contribution in [0.25, 0.3) is 0 Å². The van der Waals surface area contributed by atoms with Crippen LogP contribution in [-0.4, -0.2) is 12.6 Å². The van der Waals surface area contributed by atoms with Crippen LogP contribution in [0.4, 0.5) is 0 Å². The zero-order valence-corrected chi connectivity index (χ0v) is 17.1. The number of hydrogen-bond acceptors (Lipinski definition) is 2. The van der Waals surface area contributed by atoms with Crippen molar-refractivity contribution in [3.63, 3.8) is 0 Å². The third kappa shape index (κ3) is 10.4. The van der Waals surface area contributed by atoms with E-state index in [9.17, 15) is 4.79 Å². The molecule has 0 aliphatic heterocycles. The van der Waals surface area contributed by atoms with Gasteiger partial charge < -0.3 is 4.74 Å². The van der Waals surface area contributed by atoms with Crippen LogP contribution in [0.15, 0.2) is 0 Å². The van der Waals surface area contributed by atoms with Gasteiger partial charge in [0.15, 0.2) is 0 Å². The summed E-state index contributed by atoms with van der Waals surface area (Å²) >= 11 is 0. The number of hydrogen-bond donors (Lipinski definition) is 0. The zero-order chi connectivity index (χ0) is 18.1. The highest BCUT2D eigenvalue weighted by Gasteiger charge is 2.38. The van der Waals surface area contributed by atoms with E-state index in [0.717, 1.165) is 19.3 Å². The second-order valence-electron chi connectivity index (χ2n) is 7.43. The van der Waals surface area contributed by atoms with Crippen LogP contribution in [0.1, 0.15) is 124 Å². The van der Waals surface area contributed by atoms with Crippen molar-refractivity contribution in [2.75, 3.05) is 6.61 Å². The van der Waals surface area contributed by atoms with Crippen molar-refractivity contribution in [2.24, 2.45) is 5.41 Å². The molecule has 0 rings (SSSR count). The summed E-state index contributed by atoms with van der Waals surface area (Å²) in [5.74, 6) is 0.0921. The fourth-order valence-electron chi connectivity index (χ4n) is 3.64. The number of rotatable bonds is 17. The smallest absolute Gasteiger partial charge is 0.312 e. The summed E-state index contributed by atoms with van der Waals surface area (Å²) in [7, 11) is 0. The minimum Gasteiger partial charge on any atom is -0.466 e. The number of ether oxygens (including phenoxy) is 1. The van der Waals surface area contributed by atoms with Crippen molar-refractivity contribution in [3.05, 3.63) is 0 Å². The summed E-state index contributed by atoms with van der Waals surface area (Å²) in [5.41, 5.74) is -0.203. The fraction of sp³-hybridized carbons (Fsp3) is 0.955. The van der Waals surface area contributed by atoms with Crippen LogP contribution in [0, 0.1) is 5.41 Å². The fourth-order valence-corrected chi connectivity index (χ4v) is 3.64. The molecule has 0 amide bonds. The third-order valence-corrected chi connectivity index (χ3v) is 5.24. The molecule has 2 nitrogen and oxygen atoms in total. The van der Waals surface area contributed by atoms with E-state index in [0.29, 0.717) is 6.61 Å². The van der Waals surface area contributed by atoms with Gasteiger partial charge in [-0.05, 0) is 26.2 Å². The van der Waals surface area contributed by atoms with Gasteiger partial charge in [0, 0.05) is 0 Å². The van der Waals surface area contributed by atoms with E-state index in [1.165, 1.54) is 77.0 Å². The van der Waals surface area contributed by atoms with Gasteiger partial charge >= 0.3 is 5.97 Å². The Morgan fingerprint density at radius 1 is 0.625 bits per heavy atom. The summed E-state index contributed by atoms with van der Waals surface area (Å²) in [6.07, 6.45) is 18.0. The molecule has 0 saturated carbocycles. The SMILES string of the molecule is CCCCCCC(CCCCCC)(CCCCCC)C(=O)OCC. The van der Waals surface area contributed by atoms with Crippen molar-refractivity contribution < 1.29 is 9.53 Å². The van der Waals surface area contributed by atoms with E-state index in [2.05, 4.69) is 20.8 Å². The Labute approximate surface area is 152 Å². The first-order chi connectivity index (χ1) is 11.7. The number of carbonyl (C=O) groups excluding carboxylic acids is 1. The predicted octanol–water partition coefficient (Wildman–Crippen LogP) is 7.45. The van der Waals surface area contributed by atoms with E-state index in [-0.39, 0.29) is 11.4 Å². The monoisotopic (exact) mass is 340 g/mol. The lowest BCUT2D eigenvalue weighted by Gasteiger charge is -2.32. The quantitative estimate of drug-likeness (QED) is 0.203. The highest BCUT2D eigenvalue weighted by molar-refractivity contribution is 5.76. The van der Waals surface area contributed by atoms with Crippen LogP contribution in [-0.2, 0) is 9.53 Å². The Hall–Kier alpha value is -0.530. The van der Waals surface area contributed by atoms with Crippen molar-refractivity contribution in [2.45, 2.75) is 124 Å². The second-order valence-corrected chi connectivity index (χ2v) is 7.43. The Balaban J connectivity index is 4.82. The van der Waals surface area contributed by atoms with Gasteiger partial charge in [-0.15, -0.1) is 0 Å². The topological polar surface area (TPSA) is 26.3 Å². The summed E-state index contributed by atoms with van der Waals surface area (Å²) < 4.78 is 5.54. The third-order valence-electron chi connectivity index (χ3n) is 5.24. The lowest BCUT2D eigenvalue weighted by molar-refractivity contribution is -0.157. The molecule has 0 aromatic heterocycles. The molecular formula is C22H44O2. The van der Waals surface area contributed by atoms with Crippen LogP contribution >= 0.6 is 0 Å². The molecule has 0 bridgehead atoms. The van der Waals surface area contributed by atoms with Crippen molar-refractivity contribution in [1.29, 1.82) is 0 Å². The molecular weight excluding hydrogens is 296 g/mol. The van der Waals surface area contributed by atoms with Gasteiger partial charge in [-0.1, -0.05) is 97.8 Å². The van der Waals surface area contributed by atoms with E-state index in [4.69, 9.17) is 4.74 Å². The first-order valence-electron chi connectivity index (χ1n) is 10.8. The molecule has 0 atom stereocenters. The molecule has 24 heavy (non-hydrogen) atoms. The van der Waals surface area contributed by atoms with Crippen LogP contribution in [0.2, 0.25) is 0 Å². The molecule has 0 spiro atoms. The Morgan fingerprint density at radius 3 is 1.29 bits per heavy atom. The molecule has 0 aromatic carbocycles. The standard InChI is InChI=1S/C22H44O2/c1-5-9-12-15-18-22(21(23)24-8-4,19-16-13-10-6-2)20-17-14-11-7-3/h5-20H2,1-4H3. The molecule has 0 N–H and O–H groups in total. The maximum absolute atomic E-state index is 12.8. The van der Waals surface area contributed by atoms with Crippen molar-refractivity contribution in [1.82, 2.24) is 0 Å². The molecule has 0 heterocycles. The molecule has 0 fully saturated rings. The minimum absolute atomic E-state index is 0.0921. The van der Waals surface area contributed by atoms with Gasteiger partial charge in [0.1, 0.15) is 0 Å². The van der Waals surface area contributed by atoms with Gasteiger partial charge in [0.05, 0.1) is 12.0 Å². The summed E-state index contributed by atoms with van der Waals surface area (Å²) in [6.45, 7) is 9.18. The number of unbranched alkanes of at least 4 members (excludes halogenated alkanes) is 9. The largest absolute Gasteiger partial charge is 0.466 e. The van der Waals surface area contributed by atoms with Crippen LogP contribution in [0.5, 0.6) is 0 Å². The maximum atomic E-state index is 12.8. The molecule has 0 unspecified atom stereocenters. The highest BCUT2D eigenvalue weighted by atomic mass is 16.5. The second kappa shape index (κ2) is 16.0. The zero-order valence-electron chi connectivity index (χ0n) is 17.1. The maximum Gasteiger partial charge on any atom is 0.312 e. The van der Waals surface area contributed by atoms with Gasteiger partial charge in [0.25, 0.3) is 0 Å². The molecule has 144 valence electrons. The summed E-state index contributed by atoms with van der Waals surface area (Å²) in [4.78, 5) is 12.8.